The van der Waals surface area contributed by atoms with Crippen molar-refractivity contribution in [3.8, 4) is 0 Å². The molecule has 0 radical (unpaired) electrons. The molecule has 0 N–H and O–H groups in total. The van der Waals surface area contributed by atoms with E-state index in [1.807, 2.05) is 0 Å². The summed E-state index contributed by atoms with van der Waals surface area (Å²) in [4.78, 5) is 23.8. The Balaban J connectivity index is 2.30. The second-order valence-corrected chi connectivity index (χ2v) is 4.88. The second-order valence-electron chi connectivity index (χ2n) is 3.51. The zero-order valence-corrected chi connectivity index (χ0v) is 9.94. The first-order valence-electron chi connectivity index (χ1n) is 4.73. The molecule has 1 saturated heterocycles. The van der Waals surface area contributed by atoms with E-state index in [2.05, 4.69) is 19.6 Å². The third-order valence-corrected chi connectivity index (χ3v) is 3.42. The number of hydrogen-bond acceptors (Lipinski definition) is 4. The number of carbonyl (C=O) groups is 2. The number of imide groups is 1. The number of thiol groups is 1. The Morgan fingerprint density at radius 1 is 1.50 bits per heavy atom. The minimum absolute atomic E-state index is 0.0435. The van der Waals surface area contributed by atoms with Gasteiger partial charge in [-0.05, 0) is 24.5 Å². The molecule has 0 saturated carbocycles. The molecule has 1 aliphatic rings. The van der Waals surface area contributed by atoms with Gasteiger partial charge < -0.3 is 0 Å². The number of nitrogens with zero attached hydrogens (tertiary/aromatic N) is 1. The van der Waals surface area contributed by atoms with E-state index < -0.39 is 0 Å². The molecule has 0 aliphatic carbocycles. The summed E-state index contributed by atoms with van der Waals surface area (Å²) < 4.78 is 0. The Morgan fingerprint density at radius 2 is 2.21 bits per heavy atom. The summed E-state index contributed by atoms with van der Waals surface area (Å²) in [5.74, 6) is 1.66. The average molecular weight is 233 g/mol. The fourth-order valence-corrected chi connectivity index (χ4v) is 2.50. The SMILES string of the molecule is CC(CCS)CCN1C(=O)CSC1=O. The van der Waals surface area contributed by atoms with E-state index in [1.54, 1.807) is 0 Å². The van der Waals surface area contributed by atoms with Gasteiger partial charge in [0.1, 0.15) is 0 Å². The Bertz CT molecular complexity index is 217. The molecule has 5 heteroatoms. The summed E-state index contributed by atoms with van der Waals surface area (Å²) >= 11 is 5.25. The standard InChI is InChI=1S/C9H15NO2S2/c1-7(3-5-13)2-4-10-8(11)6-14-9(10)12/h7,13H,2-6H2,1H3. The van der Waals surface area contributed by atoms with Crippen molar-refractivity contribution in [2.24, 2.45) is 5.92 Å². The maximum Gasteiger partial charge on any atom is 0.288 e. The molecule has 1 atom stereocenters. The van der Waals surface area contributed by atoms with Gasteiger partial charge in [-0.2, -0.15) is 12.6 Å². The van der Waals surface area contributed by atoms with E-state index in [0.717, 1.165) is 30.4 Å². The Hall–Kier alpha value is -0.160. The lowest BCUT2D eigenvalue weighted by Gasteiger charge is -2.15. The summed E-state index contributed by atoms with van der Waals surface area (Å²) in [7, 11) is 0. The van der Waals surface area contributed by atoms with E-state index in [-0.39, 0.29) is 11.1 Å². The van der Waals surface area contributed by atoms with Crippen molar-refractivity contribution in [3.05, 3.63) is 0 Å². The molecule has 2 amide bonds. The van der Waals surface area contributed by atoms with Gasteiger partial charge in [-0.25, -0.2) is 0 Å². The normalized spacial score (nSPS) is 19.1. The van der Waals surface area contributed by atoms with Gasteiger partial charge in [0.05, 0.1) is 5.75 Å². The predicted octanol–water partition coefficient (Wildman–Crippen LogP) is 2.03. The first kappa shape index (κ1) is 11.9. The highest BCUT2D eigenvalue weighted by atomic mass is 32.2. The van der Waals surface area contributed by atoms with Crippen molar-refractivity contribution in [1.82, 2.24) is 4.90 Å². The predicted molar refractivity (Wildman–Crippen MR) is 61.8 cm³/mol. The number of amides is 2. The van der Waals surface area contributed by atoms with Gasteiger partial charge in [0.25, 0.3) is 5.24 Å². The van der Waals surface area contributed by atoms with Crippen molar-refractivity contribution in [3.63, 3.8) is 0 Å². The molecule has 1 heterocycles. The summed E-state index contributed by atoms with van der Waals surface area (Å²) in [6.07, 6.45) is 1.92. The first-order chi connectivity index (χ1) is 6.65. The van der Waals surface area contributed by atoms with Gasteiger partial charge in [-0.15, -0.1) is 0 Å². The minimum atomic E-state index is -0.0897. The van der Waals surface area contributed by atoms with Crippen LogP contribution < -0.4 is 0 Å². The van der Waals surface area contributed by atoms with Gasteiger partial charge in [0.2, 0.25) is 5.91 Å². The monoisotopic (exact) mass is 233 g/mol. The smallest absolute Gasteiger partial charge is 0.273 e. The molecule has 0 aromatic rings. The van der Waals surface area contributed by atoms with Gasteiger partial charge in [-0.3, -0.25) is 14.5 Å². The first-order valence-corrected chi connectivity index (χ1v) is 6.35. The average Bonchev–Trinajstić information content (AvgIpc) is 2.44. The van der Waals surface area contributed by atoms with Crippen LogP contribution in [0.2, 0.25) is 0 Å². The fraction of sp³-hybridized carbons (Fsp3) is 0.778. The van der Waals surface area contributed by atoms with Crippen molar-refractivity contribution in [2.45, 2.75) is 19.8 Å². The summed E-state index contributed by atoms with van der Waals surface area (Å²) in [5, 5.41) is -0.0897. The van der Waals surface area contributed by atoms with E-state index in [0.29, 0.717) is 18.2 Å². The van der Waals surface area contributed by atoms with Crippen LogP contribution in [-0.2, 0) is 4.79 Å². The highest BCUT2D eigenvalue weighted by Gasteiger charge is 2.29. The summed E-state index contributed by atoms with van der Waals surface area (Å²) in [6, 6.07) is 0. The quantitative estimate of drug-likeness (QED) is 0.738. The van der Waals surface area contributed by atoms with Crippen LogP contribution in [0, 0.1) is 5.92 Å². The van der Waals surface area contributed by atoms with Crippen LogP contribution in [0.15, 0.2) is 0 Å². The van der Waals surface area contributed by atoms with Crippen LogP contribution >= 0.6 is 24.4 Å². The molecule has 0 aromatic heterocycles. The molecular formula is C9H15NO2S2. The zero-order valence-electron chi connectivity index (χ0n) is 8.23. The maximum absolute atomic E-state index is 11.2. The highest BCUT2D eigenvalue weighted by Crippen LogP contribution is 2.20. The van der Waals surface area contributed by atoms with Crippen molar-refractivity contribution in [2.75, 3.05) is 18.1 Å². The summed E-state index contributed by atoms with van der Waals surface area (Å²) in [5.41, 5.74) is 0. The topological polar surface area (TPSA) is 37.4 Å². The van der Waals surface area contributed by atoms with Crippen LogP contribution in [0.1, 0.15) is 19.8 Å². The number of thioether (sulfide) groups is 1. The molecule has 1 unspecified atom stereocenters. The number of carbonyl (C=O) groups excluding carboxylic acids is 2. The van der Waals surface area contributed by atoms with Gasteiger partial charge in [-0.1, -0.05) is 18.7 Å². The summed E-state index contributed by atoms with van der Waals surface area (Å²) in [6.45, 7) is 2.69. The van der Waals surface area contributed by atoms with Gasteiger partial charge in [0.15, 0.2) is 0 Å². The van der Waals surface area contributed by atoms with Crippen molar-refractivity contribution >= 4 is 35.5 Å². The molecule has 0 spiro atoms. The lowest BCUT2D eigenvalue weighted by atomic mass is 10.1. The molecule has 1 rings (SSSR count). The second kappa shape index (κ2) is 5.66. The third-order valence-electron chi connectivity index (χ3n) is 2.31. The van der Waals surface area contributed by atoms with Crippen LogP contribution in [0.3, 0.4) is 0 Å². The van der Waals surface area contributed by atoms with Crippen LogP contribution in [0.25, 0.3) is 0 Å². The van der Waals surface area contributed by atoms with Crippen LogP contribution in [0.5, 0.6) is 0 Å². The maximum atomic E-state index is 11.2. The Kier molecular flexibility index (Phi) is 4.81. The van der Waals surface area contributed by atoms with Crippen LogP contribution in [0.4, 0.5) is 4.79 Å². The Morgan fingerprint density at radius 3 is 2.71 bits per heavy atom. The minimum Gasteiger partial charge on any atom is -0.273 e. The number of rotatable bonds is 5. The molecule has 80 valence electrons. The molecule has 1 fully saturated rings. The largest absolute Gasteiger partial charge is 0.288 e. The van der Waals surface area contributed by atoms with Gasteiger partial charge in [0, 0.05) is 6.54 Å². The van der Waals surface area contributed by atoms with Crippen molar-refractivity contribution in [1.29, 1.82) is 0 Å². The third kappa shape index (κ3) is 3.20. The molecule has 3 nitrogen and oxygen atoms in total. The fourth-order valence-electron chi connectivity index (χ4n) is 1.31. The van der Waals surface area contributed by atoms with E-state index in [1.165, 1.54) is 4.90 Å². The molecule has 14 heavy (non-hydrogen) atoms. The molecular weight excluding hydrogens is 218 g/mol. The molecule has 1 aliphatic heterocycles. The van der Waals surface area contributed by atoms with Gasteiger partial charge >= 0.3 is 0 Å². The number of hydrogen-bond donors (Lipinski definition) is 1. The zero-order chi connectivity index (χ0) is 10.6. The van der Waals surface area contributed by atoms with Crippen molar-refractivity contribution < 1.29 is 9.59 Å². The lowest BCUT2D eigenvalue weighted by Crippen LogP contribution is -2.30. The van der Waals surface area contributed by atoms with E-state index in [4.69, 9.17) is 0 Å². The van der Waals surface area contributed by atoms with Crippen LogP contribution in [-0.4, -0.2) is 34.1 Å². The lowest BCUT2D eigenvalue weighted by molar-refractivity contribution is -0.124. The molecule has 0 bridgehead atoms. The Labute approximate surface area is 94.0 Å². The van der Waals surface area contributed by atoms with E-state index >= 15 is 0 Å². The highest BCUT2D eigenvalue weighted by molar-refractivity contribution is 8.14. The molecule has 0 aromatic carbocycles. The van der Waals surface area contributed by atoms with E-state index in [9.17, 15) is 9.59 Å².